The fourth-order valence-corrected chi connectivity index (χ4v) is 2.85. The van der Waals surface area contributed by atoms with Crippen LogP contribution < -0.4 is 4.74 Å². The number of ketones is 3. The number of ether oxygens (including phenoxy) is 2. The predicted octanol–water partition coefficient (Wildman–Crippen LogP) is 2.11. The minimum absolute atomic E-state index is 0.0215. The van der Waals surface area contributed by atoms with E-state index >= 15 is 0 Å². The summed E-state index contributed by atoms with van der Waals surface area (Å²) < 4.78 is 24.2. The Bertz CT molecular complexity index is 772. The highest BCUT2D eigenvalue weighted by Gasteiger charge is 2.31. The Morgan fingerprint density at radius 2 is 1.85 bits per heavy atom. The van der Waals surface area contributed by atoms with Crippen LogP contribution >= 0.6 is 0 Å². The molecular formula is C19H21FO7. The minimum atomic E-state index is -2.12. The lowest BCUT2D eigenvalue weighted by Crippen LogP contribution is -2.32. The van der Waals surface area contributed by atoms with Gasteiger partial charge in [-0.25, -0.2) is 9.18 Å². The number of aromatic hydroxyl groups is 1. The Hall–Kier alpha value is -2.77. The Labute approximate surface area is 155 Å². The zero-order chi connectivity index (χ0) is 20.1. The van der Waals surface area contributed by atoms with Gasteiger partial charge in [-0.2, -0.15) is 0 Å². The highest BCUT2D eigenvalue weighted by molar-refractivity contribution is 6.64. The molecule has 0 amide bonds. The Morgan fingerprint density at radius 3 is 2.52 bits per heavy atom. The number of phenolic OH excluding ortho intramolecular Hbond substituents is 1. The third-order valence-electron chi connectivity index (χ3n) is 4.36. The highest BCUT2D eigenvalue weighted by Crippen LogP contribution is 2.30. The maximum Gasteiger partial charge on any atom is 0.342 e. The number of halogens is 1. The number of methoxy groups -OCH3 is 1. The average molecular weight is 380 g/mol. The molecule has 1 aliphatic heterocycles. The molecular weight excluding hydrogens is 359 g/mol. The van der Waals surface area contributed by atoms with Crippen molar-refractivity contribution in [3.05, 3.63) is 23.3 Å². The van der Waals surface area contributed by atoms with E-state index in [1.807, 2.05) is 0 Å². The molecule has 7 nitrogen and oxygen atoms in total. The lowest BCUT2D eigenvalue weighted by atomic mass is 9.96. The van der Waals surface area contributed by atoms with Crippen LogP contribution in [-0.2, 0) is 25.5 Å². The maximum absolute atomic E-state index is 13.9. The number of hydrogen-bond acceptors (Lipinski definition) is 7. The largest absolute Gasteiger partial charge is 0.507 e. The fourth-order valence-electron chi connectivity index (χ4n) is 2.85. The highest BCUT2D eigenvalue weighted by atomic mass is 19.1. The molecule has 0 saturated carbocycles. The van der Waals surface area contributed by atoms with E-state index in [9.17, 15) is 28.7 Å². The molecule has 0 saturated heterocycles. The summed E-state index contributed by atoms with van der Waals surface area (Å²) in [6.45, 7) is 1.51. The van der Waals surface area contributed by atoms with Gasteiger partial charge in [0.2, 0.25) is 11.6 Å². The summed E-state index contributed by atoms with van der Waals surface area (Å²) in [6.07, 6.45) is -3.25. The molecule has 1 unspecified atom stereocenters. The molecule has 0 aliphatic carbocycles. The van der Waals surface area contributed by atoms with Gasteiger partial charge in [-0.3, -0.25) is 14.4 Å². The number of fused-ring (bicyclic) bond motifs is 1. The molecule has 1 N–H and O–H groups in total. The van der Waals surface area contributed by atoms with Crippen molar-refractivity contribution >= 4 is 23.3 Å². The summed E-state index contributed by atoms with van der Waals surface area (Å²) in [5.74, 6) is -4.50. The number of cyclic esters (lactones) is 1. The van der Waals surface area contributed by atoms with Crippen LogP contribution in [0.4, 0.5) is 4.39 Å². The van der Waals surface area contributed by atoms with E-state index in [-0.39, 0.29) is 43.4 Å². The van der Waals surface area contributed by atoms with Gasteiger partial charge in [0.05, 0.1) is 13.2 Å². The quantitative estimate of drug-likeness (QED) is 0.587. The summed E-state index contributed by atoms with van der Waals surface area (Å²) in [5, 5.41) is 10.2. The predicted molar refractivity (Wildman–Crippen MR) is 91.6 cm³/mol. The monoisotopic (exact) mass is 380 g/mol. The van der Waals surface area contributed by atoms with Crippen LogP contribution in [0.3, 0.4) is 0 Å². The molecule has 146 valence electrons. The first-order valence-electron chi connectivity index (χ1n) is 8.60. The van der Waals surface area contributed by atoms with Crippen LogP contribution in [0.5, 0.6) is 11.5 Å². The number of phenols is 1. The minimum Gasteiger partial charge on any atom is -0.507 e. The Kier molecular flexibility index (Phi) is 6.65. The molecule has 0 radical (unpaired) electrons. The van der Waals surface area contributed by atoms with E-state index in [1.54, 1.807) is 0 Å². The number of carbonyl (C=O) groups is 4. The van der Waals surface area contributed by atoms with Crippen LogP contribution in [0.1, 0.15) is 48.5 Å². The van der Waals surface area contributed by atoms with Gasteiger partial charge >= 0.3 is 5.97 Å². The van der Waals surface area contributed by atoms with Crippen molar-refractivity contribution in [3.8, 4) is 11.5 Å². The molecule has 0 aromatic heterocycles. The van der Waals surface area contributed by atoms with Crippen molar-refractivity contribution < 1.29 is 38.1 Å². The number of aryl methyl sites for hydroxylation is 1. The standard InChI is InChI=1S/C19H21FO7/c1-10-6-7-13(20)17(23)18(24)14(21)5-3-4-11-8-12(26-2)9-15(22)16(11)19(25)27-10/h8-10,13,22H,3-7H2,1-2H3/t10-,13?/m0/s1. The van der Waals surface area contributed by atoms with Crippen LogP contribution in [0.15, 0.2) is 12.1 Å². The van der Waals surface area contributed by atoms with Gasteiger partial charge in [0, 0.05) is 12.5 Å². The lowest BCUT2D eigenvalue weighted by molar-refractivity contribution is -0.146. The molecule has 1 aromatic carbocycles. The smallest absolute Gasteiger partial charge is 0.342 e. The third-order valence-corrected chi connectivity index (χ3v) is 4.36. The average Bonchev–Trinajstić information content (AvgIpc) is 2.63. The van der Waals surface area contributed by atoms with E-state index in [2.05, 4.69) is 0 Å². The lowest BCUT2D eigenvalue weighted by Gasteiger charge is -2.18. The molecule has 1 aliphatic rings. The van der Waals surface area contributed by atoms with Crippen molar-refractivity contribution in [1.29, 1.82) is 0 Å². The van der Waals surface area contributed by atoms with Crippen LogP contribution in [0.2, 0.25) is 0 Å². The normalized spacial score (nSPS) is 22.6. The number of carbonyl (C=O) groups excluding carboxylic acids is 4. The van der Waals surface area contributed by atoms with Gasteiger partial charge < -0.3 is 14.6 Å². The molecule has 0 bridgehead atoms. The molecule has 0 spiro atoms. The van der Waals surface area contributed by atoms with E-state index in [0.717, 1.165) is 0 Å². The van der Waals surface area contributed by atoms with E-state index in [4.69, 9.17) is 9.47 Å². The summed E-state index contributed by atoms with van der Waals surface area (Å²) in [6, 6.07) is 2.79. The van der Waals surface area contributed by atoms with Gasteiger partial charge in [-0.1, -0.05) is 0 Å². The summed E-state index contributed by atoms with van der Waals surface area (Å²) >= 11 is 0. The summed E-state index contributed by atoms with van der Waals surface area (Å²) in [5.41, 5.74) is 0.322. The van der Waals surface area contributed by atoms with E-state index in [0.29, 0.717) is 11.3 Å². The summed E-state index contributed by atoms with van der Waals surface area (Å²) in [4.78, 5) is 47.8. The summed E-state index contributed by atoms with van der Waals surface area (Å²) in [7, 11) is 1.39. The molecule has 27 heavy (non-hydrogen) atoms. The van der Waals surface area contributed by atoms with Crippen molar-refractivity contribution in [2.24, 2.45) is 0 Å². The SMILES string of the molecule is COc1cc(O)c2c(c1)CCCC(=O)C(=O)C(=O)C(F)CC[C@H](C)OC2=O. The van der Waals surface area contributed by atoms with Gasteiger partial charge in [0.1, 0.15) is 17.1 Å². The molecule has 1 aromatic rings. The van der Waals surface area contributed by atoms with Crippen LogP contribution in [0.25, 0.3) is 0 Å². The van der Waals surface area contributed by atoms with Gasteiger partial charge in [-0.05, 0) is 44.2 Å². The number of rotatable bonds is 1. The molecule has 2 rings (SSSR count). The number of hydrogen-bond donors (Lipinski definition) is 1. The van der Waals surface area contributed by atoms with E-state index in [1.165, 1.54) is 26.2 Å². The Morgan fingerprint density at radius 1 is 1.15 bits per heavy atom. The van der Waals surface area contributed by atoms with Gasteiger partial charge in [0.25, 0.3) is 5.78 Å². The topological polar surface area (TPSA) is 107 Å². The zero-order valence-corrected chi connectivity index (χ0v) is 15.1. The van der Waals surface area contributed by atoms with Crippen molar-refractivity contribution in [3.63, 3.8) is 0 Å². The third kappa shape index (κ3) is 4.90. The second kappa shape index (κ2) is 8.75. The second-order valence-corrected chi connectivity index (χ2v) is 6.41. The number of alkyl halides is 1. The molecule has 0 fully saturated rings. The molecule has 2 atom stereocenters. The van der Waals surface area contributed by atoms with Gasteiger partial charge in [0.15, 0.2) is 6.17 Å². The van der Waals surface area contributed by atoms with E-state index < -0.39 is 35.6 Å². The van der Waals surface area contributed by atoms with Gasteiger partial charge in [-0.15, -0.1) is 0 Å². The first-order valence-corrected chi connectivity index (χ1v) is 8.60. The van der Waals surface area contributed by atoms with Crippen molar-refractivity contribution in [2.45, 2.75) is 51.3 Å². The maximum atomic E-state index is 13.9. The first kappa shape index (κ1) is 20.5. The number of benzene rings is 1. The number of esters is 1. The number of Topliss-reactive ketones (excluding diaryl/α,β-unsaturated/α-hetero) is 3. The van der Waals surface area contributed by atoms with Crippen molar-refractivity contribution in [1.82, 2.24) is 0 Å². The zero-order valence-electron chi connectivity index (χ0n) is 15.1. The first-order chi connectivity index (χ1) is 12.7. The van der Waals surface area contributed by atoms with Crippen molar-refractivity contribution in [2.75, 3.05) is 7.11 Å². The van der Waals surface area contributed by atoms with Crippen LogP contribution in [-0.4, -0.2) is 47.8 Å². The Balaban J connectivity index is 2.37. The fraction of sp³-hybridized carbons (Fsp3) is 0.474. The van der Waals surface area contributed by atoms with Crippen LogP contribution in [0, 0.1) is 0 Å². The second-order valence-electron chi connectivity index (χ2n) is 6.41. The molecule has 1 heterocycles. The molecule has 8 heteroatoms.